The number of hydrogen-bond acceptors (Lipinski definition) is 4. The number of fused-ring (bicyclic) bond motifs is 1. The van der Waals surface area contributed by atoms with Gasteiger partial charge in [-0.25, -0.2) is 4.98 Å². The third-order valence-electron chi connectivity index (χ3n) is 4.54. The molecule has 1 N–H and O–H groups in total. The Morgan fingerprint density at radius 3 is 2.84 bits per heavy atom. The number of benzene rings is 1. The van der Waals surface area contributed by atoms with Gasteiger partial charge in [0.25, 0.3) is 5.56 Å². The zero-order valence-electron chi connectivity index (χ0n) is 14.5. The van der Waals surface area contributed by atoms with Crippen molar-refractivity contribution in [1.82, 2.24) is 19.8 Å². The van der Waals surface area contributed by atoms with Gasteiger partial charge >= 0.3 is 0 Å². The van der Waals surface area contributed by atoms with Gasteiger partial charge in [-0.3, -0.25) is 14.4 Å². The maximum absolute atomic E-state index is 12.5. The molecule has 1 atom stereocenters. The fourth-order valence-electron chi connectivity index (χ4n) is 3.24. The van der Waals surface area contributed by atoms with Gasteiger partial charge in [0, 0.05) is 33.5 Å². The number of nitrogens with zero attached hydrogens (tertiary/aromatic N) is 3. The largest absolute Gasteiger partial charge is 0.347 e. The predicted octanol–water partition coefficient (Wildman–Crippen LogP) is 0.935. The van der Waals surface area contributed by atoms with Gasteiger partial charge in [-0.15, -0.1) is 0 Å². The summed E-state index contributed by atoms with van der Waals surface area (Å²) in [5, 5.41) is 0.536. The van der Waals surface area contributed by atoms with Gasteiger partial charge in [0.2, 0.25) is 11.8 Å². The molecule has 1 aliphatic heterocycles. The molecule has 1 aromatic carbocycles. The Labute approximate surface area is 145 Å². The van der Waals surface area contributed by atoms with E-state index in [0.29, 0.717) is 36.1 Å². The molecular formula is C18H22N4O3. The summed E-state index contributed by atoms with van der Waals surface area (Å²) in [5.74, 6) is 0.378. The zero-order chi connectivity index (χ0) is 18.0. The van der Waals surface area contributed by atoms with Crippen molar-refractivity contribution in [3.05, 3.63) is 40.4 Å². The highest BCUT2D eigenvalue weighted by atomic mass is 16.2. The highest BCUT2D eigenvalue weighted by Gasteiger charge is 2.34. The van der Waals surface area contributed by atoms with Crippen LogP contribution in [0.15, 0.2) is 29.1 Å². The Balaban J connectivity index is 1.70. The van der Waals surface area contributed by atoms with Crippen LogP contribution < -0.4 is 5.56 Å². The van der Waals surface area contributed by atoms with E-state index in [9.17, 15) is 14.4 Å². The monoisotopic (exact) mass is 342 g/mol. The quantitative estimate of drug-likeness (QED) is 0.896. The number of hydrogen-bond donors (Lipinski definition) is 1. The number of aryl methyl sites for hydroxylation is 1. The molecule has 1 aromatic heterocycles. The van der Waals surface area contributed by atoms with Gasteiger partial charge < -0.3 is 14.8 Å². The van der Waals surface area contributed by atoms with Crippen LogP contribution in [0.25, 0.3) is 10.9 Å². The Bertz CT molecular complexity index is 859. The molecule has 0 radical (unpaired) electrons. The lowest BCUT2D eigenvalue weighted by Gasteiger charge is -2.26. The van der Waals surface area contributed by atoms with E-state index in [2.05, 4.69) is 9.97 Å². The lowest BCUT2D eigenvalue weighted by molar-refractivity contribution is -0.142. The summed E-state index contributed by atoms with van der Waals surface area (Å²) in [6.07, 6.45) is 2.10. The summed E-state index contributed by atoms with van der Waals surface area (Å²) >= 11 is 0. The molecule has 132 valence electrons. The van der Waals surface area contributed by atoms with Gasteiger partial charge in [0.15, 0.2) is 0 Å². The van der Waals surface area contributed by atoms with Crippen LogP contribution in [-0.2, 0) is 16.0 Å². The van der Waals surface area contributed by atoms with Crippen LogP contribution >= 0.6 is 0 Å². The number of aromatic nitrogens is 2. The van der Waals surface area contributed by atoms with Crippen LogP contribution in [0, 0.1) is 0 Å². The van der Waals surface area contributed by atoms with Gasteiger partial charge in [0.1, 0.15) is 11.9 Å². The first-order valence-corrected chi connectivity index (χ1v) is 8.46. The molecule has 0 saturated carbocycles. The molecule has 1 unspecified atom stereocenters. The second-order valence-electron chi connectivity index (χ2n) is 6.51. The average molecular weight is 342 g/mol. The van der Waals surface area contributed by atoms with E-state index in [1.54, 1.807) is 37.2 Å². The van der Waals surface area contributed by atoms with Crippen molar-refractivity contribution in [1.29, 1.82) is 0 Å². The number of nitrogens with one attached hydrogen (secondary N) is 1. The van der Waals surface area contributed by atoms with Gasteiger partial charge in [-0.05, 0) is 25.0 Å². The van der Waals surface area contributed by atoms with E-state index < -0.39 is 0 Å². The van der Waals surface area contributed by atoms with Crippen LogP contribution in [0.5, 0.6) is 0 Å². The second kappa shape index (κ2) is 7.04. The zero-order valence-corrected chi connectivity index (χ0v) is 14.5. The third-order valence-corrected chi connectivity index (χ3v) is 4.54. The molecule has 1 aliphatic rings. The molecule has 7 heteroatoms. The molecule has 2 aromatic rings. The summed E-state index contributed by atoms with van der Waals surface area (Å²) < 4.78 is 0. The minimum absolute atomic E-state index is 0.0388. The van der Waals surface area contributed by atoms with Crippen molar-refractivity contribution in [3.63, 3.8) is 0 Å². The number of aromatic amines is 1. The molecule has 3 rings (SSSR count). The molecule has 1 fully saturated rings. The summed E-state index contributed by atoms with van der Waals surface area (Å²) in [5.41, 5.74) is 0.422. The number of rotatable bonds is 4. The Kier molecular flexibility index (Phi) is 4.83. The second-order valence-corrected chi connectivity index (χ2v) is 6.51. The average Bonchev–Trinajstić information content (AvgIpc) is 3.08. The highest BCUT2D eigenvalue weighted by molar-refractivity contribution is 5.88. The summed E-state index contributed by atoms with van der Waals surface area (Å²) in [7, 11) is 3.40. The van der Waals surface area contributed by atoms with Crippen LogP contribution in [0.2, 0.25) is 0 Å². The lowest BCUT2D eigenvalue weighted by atomic mass is 10.2. The molecule has 1 saturated heterocycles. The molecule has 7 nitrogen and oxygen atoms in total. The van der Waals surface area contributed by atoms with E-state index in [1.165, 1.54) is 4.90 Å². The van der Waals surface area contributed by atoms with E-state index in [4.69, 9.17) is 0 Å². The van der Waals surface area contributed by atoms with Gasteiger partial charge in [0.05, 0.1) is 10.9 Å². The molecular weight excluding hydrogens is 320 g/mol. The molecule has 25 heavy (non-hydrogen) atoms. The van der Waals surface area contributed by atoms with Crippen LogP contribution in [-0.4, -0.2) is 58.3 Å². The highest BCUT2D eigenvalue weighted by Crippen LogP contribution is 2.20. The third kappa shape index (κ3) is 3.55. The fourth-order valence-corrected chi connectivity index (χ4v) is 3.24. The number of H-pyrrole nitrogens is 1. The van der Waals surface area contributed by atoms with Crippen molar-refractivity contribution in [2.75, 3.05) is 20.6 Å². The maximum atomic E-state index is 12.5. The van der Waals surface area contributed by atoms with Crippen LogP contribution in [0.1, 0.15) is 25.1 Å². The lowest BCUT2D eigenvalue weighted by Crippen LogP contribution is -2.45. The molecule has 0 bridgehead atoms. The Hall–Kier alpha value is -2.70. The summed E-state index contributed by atoms with van der Waals surface area (Å²) in [6, 6.07) is 6.74. The van der Waals surface area contributed by atoms with Crippen molar-refractivity contribution in [2.24, 2.45) is 0 Å². The first-order chi connectivity index (χ1) is 12.0. The number of carbonyl (C=O) groups is 2. The van der Waals surface area contributed by atoms with Crippen molar-refractivity contribution in [2.45, 2.75) is 31.7 Å². The van der Waals surface area contributed by atoms with Crippen LogP contribution in [0.3, 0.4) is 0 Å². The van der Waals surface area contributed by atoms with E-state index in [1.807, 2.05) is 6.07 Å². The minimum atomic E-state index is -0.369. The fraction of sp³-hybridized carbons (Fsp3) is 0.444. The smallest absolute Gasteiger partial charge is 0.258 e. The standard InChI is InChI=1S/C18H22N4O3/c1-21(2)18(25)14-8-5-11-22(14)16(23)10-9-15-19-13-7-4-3-6-12(13)17(24)20-15/h3-4,6-7,14H,5,8-11H2,1-2H3,(H,19,20,24). The summed E-state index contributed by atoms with van der Waals surface area (Å²) in [4.78, 5) is 47.1. The number of likely N-dealkylation sites (N-methyl/N-ethyl adjacent to an activating group) is 1. The minimum Gasteiger partial charge on any atom is -0.347 e. The number of amides is 2. The topological polar surface area (TPSA) is 86.4 Å². The maximum Gasteiger partial charge on any atom is 0.258 e. The van der Waals surface area contributed by atoms with Gasteiger partial charge in [-0.1, -0.05) is 12.1 Å². The first kappa shape index (κ1) is 17.1. The van der Waals surface area contributed by atoms with Crippen molar-refractivity contribution in [3.8, 4) is 0 Å². The van der Waals surface area contributed by atoms with Crippen molar-refractivity contribution >= 4 is 22.7 Å². The summed E-state index contributed by atoms with van der Waals surface area (Å²) in [6.45, 7) is 0.602. The SMILES string of the molecule is CN(C)C(=O)C1CCCN1C(=O)CCc1nc2ccccc2c(=O)[nH]1. The first-order valence-electron chi connectivity index (χ1n) is 8.46. The number of para-hydroxylation sites is 1. The predicted molar refractivity (Wildman–Crippen MR) is 94.1 cm³/mol. The number of likely N-dealkylation sites (tertiary alicyclic amines) is 1. The normalized spacial score (nSPS) is 17.0. The molecule has 0 spiro atoms. The Morgan fingerprint density at radius 1 is 1.32 bits per heavy atom. The van der Waals surface area contributed by atoms with E-state index in [0.717, 1.165) is 6.42 Å². The van der Waals surface area contributed by atoms with Crippen molar-refractivity contribution < 1.29 is 9.59 Å². The molecule has 2 amide bonds. The number of carbonyl (C=O) groups excluding carboxylic acids is 2. The molecule has 0 aliphatic carbocycles. The van der Waals surface area contributed by atoms with Gasteiger partial charge in [-0.2, -0.15) is 0 Å². The Morgan fingerprint density at radius 2 is 2.08 bits per heavy atom. The van der Waals surface area contributed by atoms with E-state index in [-0.39, 0.29) is 29.8 Å². The van der Waals surface area contributed by atoms with E-state index >= 15 is 0 Å². The van der Waals surface area contributed by atoms with Crippen LogP contribution in [0.4, 0.5) is 0 Å². The molecule has 2 heterocycles.